The molecule has 0 bridgehead atoms. The van der Waals surface area contributed by atoms with E-state index >= 15 is 0 Å². The van der Waals surface area contributed by atoms with Gasteiger partial charge in [0.15, 0.2) is 11.5 Å². The summed E-state index contributed by atoms with van der Waals surface area (Å²) in [5, 5.41) is 6.50. The molecule has 0 atom stereocenters. The highest BCUT2D eigenvalue weighted by atomic mass is 16.5. The molecule has 9 nitrogen and oxygen atoms in total. The molecule has 166 valence electrons. The maximum Gasteiger partial charge on any atom is 0.338 e. The fraction of sp³-hybridized carbons (Fsp3) is 0.174. The predicted octanol–water partition coefficient (Wildman–Crippen LogP) is 3.22. The number of rotatable bonds is 10. The van der Waals surface area contributed by atoms with Crippen molar-refractivity contribution in [1.82, 2.24) is 0 Å². The fourth-order valence-corrected chi connectivity index (χ4v) is 2.41. The van der Waals surface area contributed by atoms with E-state index < -0.39 is 23.6 Å². The zero-order chi connectivity index (χ0) is 23.5. The third-order valence-corrected chi connectivity index (χ3v) is 4.01. The highest BCUT2D eigenvalue weighted by molar-refractivity contribution is 6.67. The van der Waals surface area contributed by atoms with E-state index in [1.807, 2.05) is 19.1 Å². The van der Waals surface area contributed by atoms with Crippen molar-refractivity contribution < 1.29 is 28.7 Å². The number of carbonyl (C=O) groups excluding carboxylic acids is 4. The number of ether oxygens (including phenoxy) is 2. The molecule has 2 rings (SSSR count). The molecule has 0 heterocycles. The molecule has 0 fully saturated rings. The first-order chi connectivity index (χ1) is 15.3. The van der Waals surface area contributed by atoms with E-state index in [0.29, 0.717) is 11.4 Å². The lowest BCUT2D eigenvalue weighted by atomic mass is 10.2. The van der Waals surface area contributed by atoms with E-state index in [-0.39, 0.29) is 24.3 Å². The van der Waals surface area contributed by atoms with Crippen molar-refractivity contribution in [2.75, 3.05) is 17.3 Å². The van der Waals surface area contributed by atoms with Gasteiger partial charge in [-0.15, -0.1) is 0 Å². The quantitative estimate of drug-likeness (QED) is 0.192. The second-order valence-electron chi connectivity index (χ2n) is 6.57. The number of amides is 1. The molecule has 0 radical (unpaired) electrons. The van der Waals surface area contributed by atoms with Gasteiger partial charge in [-0.1, -0.05) is 30.3 Å². The number of hydrogen-bond acceptors (Lipinski definition) is 8. The van der Waals surface area contributed by atoms with Crippen LogP contribution in [0.15, 0.2) is 66.5 Å². The molecule has 2 aromatic rings. The van der Waals surface area contributed by atoms with Gasteiger partial charge in [-0.3, -0.25) is 19.8 Å². The Hall–Kier alpha value is -4.27. The van der Waals surface area contributed by atoms with E-state index in [0.717, 1.165) is 11.8 Å². The Bertz CT molecular complexity index is 1040. The zero-order valence-electron chi connectivity index (χ0n) is 17.7. The Morgan fingerprint density at radius 2 is 1.78 bits per heavy atom. The molecule has 32 heavy (non-hydrogen) atoms. The van der Waals surface area contributed by atoms with Crippen molar-refractivity contribution in [2.45, 2.75) is 20.3 Å². The van der Waals surface area contributed by atoms with Crippen LogP contribution in [0.1, 0.15) is 29.3 Å². The van der Waals surface area contributed by atoms with Crippen LogP contribution in [0.3, 0.4) is 0 Å². The van der Waals surface area contributed by atoms with Crippen LogP contribution in [0, 0.1) is 6.92 Å². The molecule has 0 unspecified atom stereocenters. The normalized spacial score (nSPS) is 10.6. The van der Waals surface area contributed by atoms with E-state index in [9.17, 15) is 19.2 Å². The van der Waals surface area contributed by atoms with Crippen molar-refractivity contribution in [3.8, 4) is 0 Å². The van der Waals surface area contributed by atoms with Gasteiger partial charge in [-0.05, 0) is 37.3 Å². The summed E-state index contributed by atoms with van der Waals surface area (Å²) in [6.07, 6.45) is 0.883. The van der Waals surface area contributed by atoms with Crippen LogP contribution >= 0.6 is 0 Å². The summed E-state index contributed by atoms with van der Waals surface area (Å²) in [5.74, 6) is -2.44. The maximum atomic E-state index is 12.4. The van der Waals surface area contributed by atoms with Crippen LogP contribution in [0.2, 0.25) is 0 Å². The monoisotopic (exact) mass is 437 g/mol. The van der Waals surface area contributed by atoms with Crippen molar-refractivity contribution in [3.05, 3.63) is 72.5 Å². The molecule has 0 aliphatic rings. The summed E-state index contributed by atoms with van der Waals surface area (Å²) >= 11 is 0. The van der Waals surface area contributed by atoms with Crippen LogP contribution in [-0.4, -0.2) is 35.9 Å². The number of aryl methyl sites for hydroxylation is 1. The summed E-state index contributed by atoms with van der Waals surface area (Å²) in [6.45, 7) is 6.24. The Morgan fingerprint density at radius 3 is 2.44 bits per heavy atom. The van der Waals surface area contributed by atoms with E-state index in [1.54, 1.807) is 24.3 Å². The molecule has 0 saturated heterocycles. The lowest BCUT2D eigenvalue weighted by Gasteiger charge is -2.08. The maximum absolute atomic E-state index is 12.4. The second kappa shape index (κ2) is 11.8. The first kappa shape index (κ1) is 24.0. The number of hydrazone groups is 1. The Labute approximate surface area is 185 Å². The molecule has 0 aliphatic heterocycles. The summed E-state index contributed by atoms with van der Waals surface area (Å²) < 4.78 is 9.55. The minimum Gasteiger partial charge on any atom is -0.461 e. The smallest absolute Gasteiger partial charge is 0.338 e. The summed E-state index contributed by atoms with van der Waals surface area (Å²) in [7, 11) is 0. The molecular weight excluding hydrogens is 414 g/mol. The third kappa shape index (κ3) is 7.52. The molecule has 0 aromatic heterocycles. The number of anilines is 2. The summed E-state index contributed by atoms with van der Waals surface area (Å²) in [4.78, 5) is 47.7. The van der Waals surface area contributed by atoms with Gasteiger partial charge in [0.05, 0.1) is 23.9 Å². The Morgan fingerprint density at radius 1 is 1.06 bits per heavy atom. The fourth-order valence-electron chi connectivity index (χ4n) is 2.41. The zero-order valence-corrected chi connectivity index (χ0v) is 17.7. The second-order valence-corrected chi connectivity index (χ2v) is 6.57. The number of nitrogens with zero attached hydrogens (tertiary/aromatic N) is 1. The first-order valence-corrected chi connectivity index (χ1v) is 9.60. The number of ketones is 1. The number of nitrogens with one attached hydrogen (secondary N) is 2. The van der Waals surface area contributed by atoms with Crippen molar-refractivity contribution in [1.29, 1.82) is 0 Å². The van der Waals surface area contributed by atoms with Gasteiger partial charge in [0.2, 0.25) is 0 Å². The SMILES string of the molecule is C=COC(=O)CCOC(=O)c1cccc(N/N=C(\C(C)=O)C(=O)Nc2ccc(C)cc2)c1. The van der Waals surface area contributed by atoms with Gasteiger partial charge in [0, 0.05) is 12.6 Å². The molecule has 9 heteroatoms. The van der Waals surface area contributed by atoms with Gasteiger partial charge in [-0.2, -0.15) is 5.10 Å². The minimum atomic E-state index is -0.671. The first-order valence-electron chi connectivity index (χ1n) is 9.60. The largest absolute Gasteiger partial charge is 0.461 e. The standard InChI is InChI=1S/C23H23N3O6/c1-4-31-20(28)12-13-32-23(30)17-6-5-7-19(14-17)25-26-21(16(3)27)22(29)24-18-10-8-15(2)9-11-18/h4-11,14,25H,1,12-13H2,2-3H3,(H,24,29)/b26-21+. The molecule has 0 saturated carbocycles. The van der Waals surface area contributed by atoms with Gasteiger partial charge >= 0.3 is 11.9 Å². The Balaban J connectivity index is 2.03. The lowest BCUT2D eigenvalue weighted by molar-refractivity contribution is -0.138. The number of carbonyl (C=O) groups is 4. The minimum absolute atomic E-state index is 0.113. The van der Waals surface area contributed by atoms with E-state index in [1.165, 1.54) is 19.1 Å². The summed E-state index contributed by atoms with van der Waals surface area (Å²) in [6, 6.07) is 13.2. The topological polar surface area (TPSA) is 123 Å². The predicted molar refractivity (Wildman–Crippen MR) is 119 cm³/mol. The van der Waals surface area contributed by atoms with Crippen LogP contribution in [0.25, 0.3) is 0 Å². The molecule has 2 aromatic carbocycles. The molecule has 2 N–H and O–H groups in total. The van der Waals surface area contributed by atoms with Crippen LogP contribution < -0.4 is 10.7 Å². The van der Waals surface area contributed by atoms with Gasteiger partial charge in [0.1, 0.15) is 6.61 Å². The number of Topliss-reactive ketones (excluding diaryl/α,β-unsaturated/α-hetero) is 1. The van der Waals surface area contributed by atoms with Crippen LogP contribution in [0.5, 0.6) is 0 Å². The molecule has 1 amide bonds. The van der Waals surface area contributed by atoms with Gasteiger partial charge < -0.3 is 14.8 Å². The van der Waals surface area contributed by atoms with E-state index in [2.05, 4.69) is 27.2 Å². The average molecular weight is 437 g/mol. The van der Waals surface area contributed by atoms with Crippen molar-refractivity contribution in [2.24, 2.45) is 5.10 Å². The molecule has 0 spiro atoms. The van der Waals surface area contributed by atoms with Crippen LogP contribution in [-0.2, 0) is 23.9 Å². The number of hydrogen-bond donors (Lipinski definition) is 2. The molecular formula is C23H23N3O6. The lowest BCUT2D eigenvalue weighted by Crippen LogP contribution is -2.29. The average Bonchev–Trinajstić information content (AvgIpc) is 2.75. The van der Waals surface area contributed by atoms with Gasteiger partial charge in [-0.25, -0.2) is 4.79 Å². The van der Waals surface area contributed by atoms with E-state index in [4.69, 9.17) is 4.74 Å². The number of esters is 2. The summed E-state index contributed by atoms with van der Waals surface area (Å²) in [5.41, 5.74) is 4.36. The van der Waals surface area contributed by atoms with Crippen molar-refractivity contribution >= 4 is 40.7 Å². The highest BCUT2D eigenvalue weighted by Crippen LogP contribution is 2.13. The number of benzene rings is 2. The molecule has 0 aliphatic carbocycles. The van der Waals surface area contributed by atoms with Gasteiger partial charge in [0.25, 0.3) is 5.91 Å². The Kier molecular flexibility index (Phi) is 8.85. The third-order valence-electron chi connectivity index (χ3n) is 4.01. The van der Waals surface area contributed by atoms with Crippen molar-refractivity contribution in [3.63, 3.8) is 0 Å². The highest BCUT2D eigenvalue weighted by Gasteiger charge is 2.17. The van der Waals surface area contributed by atoms with Crippen LogP contribution in [0.4, 0.5) is 11.4 Å².